The van der Waals surface area contributed by atoms with E-state index in [0.29, 0.717) is 11.6 Å². The molecule has 1 amide bonds. The van der Waals surface area contributed by atoms with Gasteiger partial charge in [-0.3, -0.25) is 4.79 Å². The number of hydrogen-bond acceptors (Lipinski definition) is 5. The molecule has 0 spiro atoms. The minimum absolute atomic E-state index is 0. The van der Waals surface area contributed by atoms with Gasteiger partial charge < -0.3 is 11.1 Å². The number of anilines is 1. The van der Waals surface area contributed by atoms with E-state index in [-0.39, 0.29) is 24.2 Å². The molecule has 2 rings (SSSR count). The van der Waals surface area contributed by atoms with Crippen LogP contribution in [0.3, 0.4) is 0 Å². The Balaban J connectivity index is 0.00000200. The summed E-state index contributed by atoms with van der Waals surface area (Å²) >= 11 is 0. The molecular formula is C12H17ClN6O. The van der Waals surface area contributed by atoms with Crippen molar-refractivity contribution in [2.75, 3.05) is 5.32 Å². The van der Waals surface area contributed by atoms with Crippen LogP contribution in [0.4, 0.5) is 5.69 Å². The molecule has 0 aliphatic rings. The molecule has 0 saturated carbocycles. The van der Waals surface area contributed by atoms with E-state index in [0.717, 1.165) is 0 Å². The highest BCUT2D eigenvalue weighted by Gasteiger charge is 2.17. The van der Waals surface area contributed by atoms with Gasteiger partial charge in [-0.05, 0) is 12.0 Å². The summed E-state index contributed by atoms with van der Waals surface area (Å²) < 4.78 is 1.48. The molecule has 2 aromatic heterocycles. The second kappa shape index (κ2) is 6.97. The third-order valence-electron chi connectivity index (χ3n) is 2.63. The molecule has 7 nitrogen and oxygen atoms in total. The summed E-state index contributed by atoms with van der Waals surface area (Å²) in [6.45, 7) is 3.79. The normalized spacial score (nSPS) is 11.8. The van der Waals surface area contributed by atoms with E-state index in [2.05, 4.69) is 20.4 Å². The number of rotatable bonds is 4. The summed E-state index contributed by atoms with van der Waals surface area (Å²) in [4.78, 5) is 19.9. The summed E-state index contributed by atoms with van der Waals surface area (Å²) in [5.74, 6) is 0.284. The molecule has 8 heteroatoms. The van der Waals surface area contributed by atoms with Crippen LogP contribution in [-0.4, -0.2) is 31.7 Å². The van der Waals surface area contributed by atoms with Crippen LogP contribution in [0.5, 0.6) is 0 Å². The molecule has 0 radical (unpaired) electrons. The van der Waals surface area contributed by atoms with Crippen LogP contribution in [0.1, 0.15) is 13.8 Å². The summed E-state index contributed by atoms with van der Waals surface area (Å²) in [6, 6.07) is 1.17. The van der Waals surface area contributed by atoms with Gasteiger partial charge in [0.05, 0.1) is 24.1 Å². The first-order valence-electron chi connectivity index (χ1n) is 5.96. The highest BCUT2D eigenvalue weighted by Crippen LogP contribution is 2.09. The van der Waals surface area contributed by atoms with Crippen molar-refractivity contribution in [3.05, 3.63) is 30.9 Å². The molecule has 2 aromatic rings. The van der Waals surface area contributed by atoms with Gasteiger partial charge in [0.1, 0.15) is 0 Å². The van der Waals surface area contributed by atoms with E-state index in [1.165, 1.54) is 10.9 Å². The van der Waals surface area contributed by atoms with Crippen LogP contribution >= 0.6 is 12.4 Å². The van der Waals surface area contributed by atoms with Gasteiger partial charge in [-0.25, -0.2) is 14.6 Å². The van der Waals surface area contributed by atoms with Crippen LogP contribution in [-0.2, 0) is 4.79 Å². The maximum atomic E-state index is 11.8. The number of carbonyl (C=O) groups is 1. The molecule has 0 unspecified atom stereocenters. The lowest BCUT2D eigenvalue weighted by Gasteiger charge is -2.14. The van der Waals surface area contributed by atoms with Crippen molar-refractivity contribution in [2.24, 2.45) is 11.7 Å². The lowest BCUT2D eigenvalue weighted by molar-refractivity contribution is -0.118. The minimum atomic E-state index is -0.545. The van der Waals surface area contributed by atoms with Crippen molar-refractivity contribution in [3.8, 4) is 5.95 Å². The van der Waals surface area contributed by atoms with Crippen LogP contribution < -0.4 is 11.1 Å². The van der Waals surface area contributed by atoms with Gasteiger partial charge in [0.25, 0.3) is 0 Å². The maximum Gasteiger partial charge on any atom is 0.250 e. The Morgan fingerprint density at radius 3 is 2.60 bits per heavy atom. The third-order valence-corrected chi connectivity index (χ3v) is 2.63. The van der Waals surface area contributed by atoms with Gasteiger partial charge in [0.2, 0.25) is 11.9 Å². The number of nitrogens with one attached hydrogen (secondary N) is 1. The Morgan fingerprint density at radius 2 is 2.00 bits per heavy atom. The fourth-order valence-corrected chi connectivity index (χ4v) is 1.43. The van der Waals surface area contributed by atoms with Gasteiger partial charge in [-0.2, -0.15) is 5.10 Å². The molecule has 0 aliphatic carbocycles. The molecule has 0 bridgehead atoms. The van der Waals surface area contributed by atoms with Crippen molar-refractivity contribution >= 4 is 24.0 Å². The monoisotopic (exact) mass is 296 g/mol. The second-order valence-electron chi connectivity index (χ2n) is 4.48. The van der Waals surface area contributed by atoms with Crippen LogP contribution in [0.25, 0.3) is 5.95 Å². The predicted octanol–water partition coefficient (Wildman–Crippen LogP) is 1.01. The molecule has 0 fully saturated rings. The van der Waals surface area contributed by atoms with Crippen molar-refractivity contribution in [1.29, 1.82) is 0 Å². The lowest BCUT2D eigenvalue weighted by Crippen LogP contribution is -2.39. The zero-order chi connectivity index (χ0) is 13.8. The third kappa shape index (κ3) is 3.75. The van der Waals surface area contributed by atoms with Gasteiger partial charge in [0.15, 0.2) is 0 Å². The quantitative estimate of drug-likeness (QED) is 0.877. The highest BCUT2D eigenvalue weighted by molar-refractivity contribution is 5.94. The number of nitrogens with zero attached hydrogens (tertiary/aromatic N) is 4. The van der Waals surface area contributed by atoms with Gasteiger partial charge in [0, 0.05) is 12.4 Å². The summed E-state index contributed by atoms with van der Waals surface area (Å²) in [5.41, 5.74) is 6.33. The Morgan fingerprint density at radius 1 is 1.35 bits per heavy atom. The summed E-state index contributed by atoms with van der Waals surface area (Å²) in [6.07, 6.45) is 6.41. The number of hydrogen-bond donors (Lipinski definition) is 2. The average molecular weight is 297 g/mol. The van der Waals surface area contributed by atoms with Crippen molar-refractivity contribution in [1.82, 2.24) is 19.7 Å². The Kier molecular flexibility index (Phi) is 5.60. The minimum Gasteiger partial charge on any atom is -0.322 e. The topological polar surface area (TPSA) is 98.7 Å². The molecule has 0 saturated heterocycles. The molecule has 1 atom stereocenters. The van der Waals surface area contributed by atoms with Gasteiger partial charge in [-0.15, -0.1) is 12.4 Å². The Hall–Kier alpha value is -1.99. The van der Waals surface area contributed by atoms with E-state index in [1.807, 2.05) is 13.8 Å². The summed E-state index contributed by atoms with van der Waals surface area (Å²) in [5, 5.41) is 6.79. The van der Waals surface area contributed by atoms with Crippen LogP contribution in [0.15, 0.2) is 30.9 Å². The van der Waals surface area contributed by atoms with Crippen molar-refractivity contribution in [3.63, 3.8) is 0 Å². The van der Waals surface area contributed by atoms with Gasteiger partial charge in [-0.1, -0.05) is 13.8 Å². The average Bonchev–Trinajstić information content (AvgIpc) is 2.87. The number of carbonyl (C=O) groups excluding carboxylic acids is 1. The molecule has 3 N–H and O–H groups in total. The lowest BCUT2D eigenvalue weighted by atomic mass is 10.1. The van der Waals surface area contributed by atoms with Gasteiger partial charge >= 0.3 is 0 Å². The van der Waals surface area contributed by atoms with Crippen LogP contribution in [0.2, 0.25) is 0 Å². The number of aromatic nitrogens is 4. The molecule has 108 valence electrons. The maximum absolute atomic E-state index is 11.8. The van der Waals surface area contributed by atoms with E-state index in [9.17, 15) is 4.79 Å². The number of amides is 1. The SMILES string of the molecule is CC(C)[C@H](N)C(=O)Nc1cnn(-c2ncccn2)c1.Cl. The van der Waals surface area contributed by atoms with E-state index >= 15 is 0 Å². The highest BCUT2D eigenvalue weighted by atomic mass is 35.5. The van der Waals surface area contributed by atoms with E-state index in [1.54, 1.807) is 24.7 Å². The molecule has 2 heterocycles. The van der Waals surface area contributed by atoms with Crippen molar-refractivity contribution < 1.29 is 4.79 Å². The zero-order valence-electron chi connectivity index (χ0n) is 11.2. The largest absolute Gasteiger partial charge is 0.322 e. The predicted molar refractivity (Wildman–Crippen MR) is 77.8 cm³/mol. The van der Waals surface area contributed by atoms with Crippen molar-refractivity contribution in [2.45, 2.75) is 19.9 Å². The molecular weight excluding hydrogens is 280 g/mol. The molecule has 0 aromatic carbocycles. The number of halogens is 1. The fraction of sp³-hybridized carbons (Fsp3) is 0.333. The first kappa shape index (κ1) is 16.1. The summed E-state index contributed by atoms with van der Waals surface area (Å²) in [7, 11) is 0. The zero-order valence-corrected chi connectivity index (χ0v) is 12.0. The van der Waals surface area contributed by atoms with E-state index in [4.69, 9.17) is 5.73 Å². The molecule has 20 heavy (non-hydrogen) atoms. The first-order valence-corrected chi connectivity index (χ1v) is 5.96. The molecule has 0 aliphatic heterocycles. The Labute approximate surface area is 123 Å². The smallest absolute Gasteiger partial charge is 0.250 e. The first-order chi connectivity index (χ1) is 9.08. The van der Waals surface area contributed by atoms with Crippen LogP contribution in [0, 0.1) is 5.92 Å². The second-order valence-corrected chi connectivity index (χ2v) is 4.48. The Bertz CT molecular complexity index is 556. The standard InChI is InChI=1S/C12H16N6O.ClH/c1-8(2)10(13)11(19)17-9-6-16-18(7-9)12-14-4-3-5-15-12;/h3-8,10H,13H2,1-2H3,(H,17,19);1H/t10-;/m0./s1. The fourth-order valence-electron chi connectivity index (χ4n) is 1.43. The van der Waals surface area contributed by atoms with E-state index < -0.39 is 6.04 Å². The number of nitrogens with two attached hydrogens (primary N) is 1.